The molecule has 0 spiro atoms. The molecule has 1 aromatic heterocycles. The van der Waals surface area contributed by atoms with Crippen LogP contribution < -0.4 is 10.3 Å². The summed E-state index contributed by atoms with van der Waals surface area (Å²) in [6.07, 6.45) is 1.74. The van der Waals surface area contributed by atoms with Crippen LogP contribution in [0.25, 0.3) is 10.9 Å². The van der Waals surface area contributed by atoms with Crippen molar-refractivity contribution in [3.05, 3.63) is 113 Å². The summed E-state index contributed by atoms with van der Waals surface area (Å²) in [5.74, 6) is 0.704. The summed E-state index contributed by atoms with van der Waals surface area (Å²) in [5, 5.41) is 26.8. The number of halogens is 1. The molecule has 0 aliphatic carbocycles. The highest BCUT2D eigenvalue weighted by Crippen LogP contribution is 2.24. The minimum Gasteiger partial charge on any atom is -0.488 e. The van der Waals surface area contributed by atoms with Gasteiger partial charge in [0.15, 0.2) is 0 Å². The Morgan fingerprint density at radius 3 is 2.39 bits per heavy atom. The van der Waals surface area contributed by atoms with Crippen molar-refractivity contribution in [1.29, 1.82) is 0 Å². The number of aryl methyl sites for hydroxylation is 1. The van der Waals surface area contributed by atoms with Gasteiger partial charge in [0, 0.05) is 40.7 Å². The van der Waals surface area contributed by atoms with Gasteiger partial charge in [0.1, 0.15) is 18.2 Å². The molecule has 11 nitrogen and oxygen atoms in total. The first kappa shape index (κ1) is 24.7. The van der Waals surface area contributed by atoms with Crippen LogP contribution in [0.15, 0.2) is 75.0 Å². The fourth-order valence-corrected chi connectivity index (χ4v) is 3.78. The van der Waals surface area contributed by atoms with Crippen LogP contribution in [0, 0.1) is 20.2 Å². The van der Waals surface area contributed by atoms with Gasteiger partial charge in [-0.15, -0.1) is 0 Å². The highest BCUT2D eigenvalue weighted by molar-refractivity contribution is 9.10. The molecule has 182 valence electrons. The molecule has 4 aromatic rings. The summed E-state index contributed by atoms with van der Waals surface area (Å²) >= 11 is 3.35. The third-order valence-corrected chi connectivity index (χ3v) is 5.74. The summed E-state index contributed by atoms with van der Waals surface area (Å²) in [4.78, 5) is 38.8. The van der Waals surface area contributed by atoms with E-state index in [0.717, 1.165) is 4.68 Å². The lowest BCUT2D eigenvalue weighted by Crippen LogP contribution is -2.22. The normalized spacial score (nSPS) is 11.2. The molecule has 0 amide bonds. The van der Waals surface area contributed by atoms with E-state index in [9.17, 15) is 25.0 Å². The van der Waals surface area contributed by atoms with E-state index in [1.54, 1.807) is 30.3 Å². The second kappa shape index (κ2) is 10.4. The van der Waals surface area contributed by atoms with Crippen LogP contribution in [0.3, 0.4) is 0 Å². The van der Waals surface area contributed by atoms with Gasteiger partial charge in [0.25, 0.3) is 16.9 Å². The van der Waals surface area contributed by atoms with Crippen LogP contribution in [0.4, 0.5) is 11.4 Å². The zero-order valence-electron chi connectivity index (χ0n) is 18.8. The van der Waals surface area contributed by atoms with E-state index >= 15 is 0 Å². The van der Waals surface area contributed by atoms with Gasteiger partial charge in [-0.05, 0) is 42.0 Å². The van der Waals surface area contributed by atoms with Crippen molar-refractivity contribution in [3.63, 3.8) is 0 Å². The minimum atomic E-state index is -0.545. The predicted molar refractivity (Wildman–Crippen MR) is 137 cm³/mol. The Labute approximate surface area is 212 Å². The average molecular weight is 552 g/mol. The topological polar surface area (TPSA) is 143 Å². The van der Waals surface area contributed by atoms with Crippen molar-refractivity contribution < 1.29 is 14.6 Å². The Morgan fingerprint density at radius 1 is 1.03 bits per heavy atom. The number of hydrogen-bond donors (Lipinski definition) is 0. The summed E-state index contributed by atoms with van der Waals surface area (Å²) in [5.41, 5.74) is 0.866. The molecule has 36 heavy (non-hydrogen) atoms. The van der Waals surface area contributed by atoms with Crippen molar-refractivity contribution in [1.82, 2.24) is 9.66 Å². The van der Waals surface area contributed by atoms with E-state index in [1.807, 2.05) is 6.92 Å². The standard InChI is InChI=1S/C24H18BrN5O6/c1-2-23-27-21-9-5-17(25)12-20(21)24(31)28(23)26-13-16-11-19(30(34)35)8-10-22(16)36-14-15-3-6-18(7-4-15)29(32)33/h3-13H,2,14H2,1H3. The van der Waals surface area contributed by atoms with Gasteiger partial charge in [-0.25, -0.2) is 4.98 Å². The van der Waals surface area contributed by atoms with E-state index in [2.05, 4.69) is 26.0 Å². The van der Waals surface area contributed by atoms with Crippen LogP contribution in [-0.2, 0) is 13.0 Å². The fraction of sp³-hybridized carbons (Fsp3) is 0.125. The highest BCUT2D eigenvalue weighted by Gasteiger charge is 2.13. The first-order valence-corrected chi connectivity index (χ1v) is 11.5. The molecule has 4 rings (SSSR count). The third-order valence-electron chi connectivity index (χ3n) is 5.25. The lowest BCUT2D eigenvalue weighted by Gasteiger charge is -2.10. The van der Waals surface area contributed by atoms with Crippen LogP contribution in [-0.4, -0.2) is 25.7 Å². The van der Waals surface area contributed by atoms with Crippen molar-refractivity contribution in [2.75, 3.05) is 0 Å². The molecule has 12 heteroatoms. The number of nitrogens with zero attached hydrogens (tertiary/aromatic N) is 5. The fourth-order valence-electron chi connectivity index (χ4n) is 3.42. The molecule has 3 aromatic carbocycles. The Morgan fingerprint density at radius 2 is 1.72 bits per heavy atom. The SMILES string of the molecule is CCc1nc2ccc(Br)cc2c(=O)n1N=Cc1cc([N+](=O)[O-])ccc1OCc1ccc([N+](=O)[O-])cc1. The molecule has 0 saturated heterocycles. The maximum atomic E-state index is 13.1. The number of rotatable bonds is 8. The zero-order chi connectivity index (χ0) is 25.8. The predicted octanol–water partition coefficient (Wildman–Crippen LogP) is 5.00. The molecular formula is C24H18BrN5O6. The van der Waals surface area contributed by atoms with E-state index in [-0.39, 0.29) is 34.9 Å². The third kappa shape index (κ3) is 5.28. The number of fused-ring (bicyclic) bond motifs is 1. The largest absolute Gasteiger partial charge is 0.488 e. The molecule has 0 fully saturated rings. The monoisotopic (exact) mass is 551 g/mol. The summed E-state index contributed by atoms with van der Waals surface area (Å²) in [6.45, 7) is 1.90. The van der Waals surface area contributed by atoms with Gasteiger partial charge >= 0.3 is 0 Å². The van der Waals surface area contributed by atoms with Gasteiger partial charge in [-0.2, -0.15) is 9.78 Å². The van der Waals surface area contributed by atoms with Crippen molar-refractivity contribution in [2.24, 2.45) is 5.10 Å². The molecule has 0 atom stereocenters. The number of non-ortho nitro benzene ring substituents is 2. The van der Waals surface area contributed by atoms with Crippen LogP contribution in [0.1, 0.15) is 23.9 Å². The van der Waals surface area contributed by atoms with Crippen molar-refractivity contribution in [3.8, 4) is 5.75 Å². The van der Waals surface area contributed by atoms with Crippen molar-refractivity contribution in [2.45, 2.75) is 20.0 Å². The number of nitro groups is 2. The Balaban J connectivity index is 1.70. The quantitative estimate of drug-likeness (QED) is 0.170. The molecule has 0 unspecified atom stereocenters. The zero-order valence-corrected chi connectivity index (χ0v) is 20.4. The molecule has 0 radical (unpaired) electrons. The molecular weight excluding hydrogens is 534 g/mol. The summed E-state index contributed by atoms with van der Waals surface area (Å²) in [6, 6.07) is 15.0. The van der Waals surface area contributed by atoms with Gasteiger partial charge in [0.2, 0.25) is 0 Å². The first-order chi connectivity index (χ1) is 17.3. The van der Waals surface area contributed by atoms with E-state index in [0.29, 0.717) is 33.2 Å². The van der Waals surface area contributed by atoms with Gasteiger partial charge in [0.05, 0.1) is 27.0 Å². The Kier molecular flexibility index (Phi) is 7.15. The molecule has 0 bridgehead atoms. The Bertz CT molecular complexity index is 1570. The molecule has 1 heterocycles. The molecule has 0 aliphatic heterocycles. The molecule has 0 N–H and O–H groups in total. The molecule has 0 aliphatic rings. The second-order valence-electron chi connectivity index (χ2n) is 7.60. The Hall–Kier alpha value is -4.45. The van der Waals surface area contributed by atoms with Crippen LogP contribution in [0.5, 0.6) is 5.75 Å². The van der Waals surface area contributed by atoms with Gasteiger partial charge < -0.3 is 4.74 Å². The number of aromatic nitrogens is 2. The smallest absolute Gasteiger partial charge is 0.282 e. The lowest BCUT2D eigenvalue weighted by atomic mass is 10.2. The first-order valence-electron chi connectivity index (χ1n) is 10.7. The average Bonchev–Trinajstić information content (AvgIpc) is 2.87. The number of ether oxygens (including phenoxy) is 1. The van der Waals surface area contributed by atoms with Crippen molar-refractivity contribution >= 4 is 44.4 Å². The van der Waals surface area contributed by atoms with E-state index < -0.39 is 9.85 Å². The number of hydrogen-bond acceptors (Lipinski definition) is 8. The van der Waals surface area contributed by atoms with Crippen LogP contribution in [0.2, 0.25) is 0 Å². The lowest BCUT2D eigenvalue weighted by molar-refractivity contribution is -0.385. The summed E-state index contributed by atoms with van der Waals surface area (Å²) < 4.78 is 7.70. The highest BCUT2D eigenvalue weighted by atomic mass is 79.9. The maximum absolute atomic E-state index is 13.1. The summed E-state index contributed by atoms with van der Waals surface area (Å²) in [7, 11) is 0. The minimum absolute atomic E-state index is 0.0462. The maximum Gasteiger partial charge on any atom is 0.282 e. The second-order valence-corrected chi connectivity index (χ2v) is 8.51. The number of nitro benzene ring substituents is 2. The number of benzene rings is 3. The van der Waals surface area contributed by atoms with Crippen LogP contribution >= 0.6 is 15.9 Å². The van der Waals surface area contributed by atoms with Gasteiger partial charge in [-0.1, -0.05) is 22.9 Å². The van der Waals surface area contributed by atoms with E-state index in [4.69, 9.17) is 4.74 Å². The van der Waals surface area contributed by atoms with E-state index in [1.165, 1.54) is 36.5 Å². The van der Waals surface area contributed by atoms with Gasteiger partial charge in [-0.3, -0.25) is 25.0 Å². The molecule has 0 saturated carbocycles.